The lowest BCUT2D eigenvalue weighted by Gasteiger charge is -2.19. The molecular formula is C15H16ClN2OS+. The van der Waals surface area contributed by atoms with Crippen LogP contribution < -0.4 is 10.6 Å². The summed E-state index contributed by atoms with van der Waals surface area (Å²) in [5, 5.41) is 1.27. The number of nitrogens with two attached hydrogens (primary N) is 1. The fourth-order valence-electron chi connectivity index (χ4n) is 2.64. The van der Waals surface area contributed by atoms with Crippen molar-refractivity contribution in [1.82, 2.24) is 0 Å². The highest BCUT2D eigenvalue weighted by Crippen LogP contribution is 2.34. The van der Waals surface area contributed by atoms with Crippen LogP contribution in [0.15, 0.2) is 24.3 Å². The van der Waals surface area contributed by atoms with Crippen LogP contribution in [-0.2, 0) is 13.0 Å². The van der Waals surface area contributed by atoms with E-state index in [0.29, 0.717) is 21.2 Å². The van der Waals surface area contributed by atoms with E-state index in [9.17, 15) is 4.79 Å². The molecule has 0 spiro atoms. The number of nitrogen functional groups attached to an aromatic ring is 1. The zero-order valence-corrected chi connectivity index (χ0v) is 12.8. The van der Waals surface area contributed by atoms with Crippen molar-refractivity contribution in [3.63, 3.8) is 0 Å². The maximum atomic E-state index is 12.7. The molecule has 0 saturated carbocycles. The van der Waals surface area contributed by atoms with Crippen LogP contribution in [0, 0.1) is 0 Å². The Hall–Kier alpha value is -1.36. The van der Waals surface area contributed by atoms with Gasteiger partial charge >= 0.3 is 0 Å². The fourth-order valence-corrected chi connectivity index (χ4v) is 3.99. The molecule has 3 nitrogen and oxygen atoms in total. The zero-order chi connectivity index (χ0) is 14.3. The Morgan fingerprint density at radius 1 is 1.35 bits per heavy atom. The van der Waals surface area contributed by atoms with Crippen molar-refractivity contribution >= 4 is 33.7 Å². The van der Waals surface area contributed by atoms with Crippen molar-refractivity contribution in [2.45, 2.75) is 13.0 Å². The molecule has 5 heteroatoms. The highest BCUT2D eigenvalue weighted by molar-refractivity contribution is 7.16. The van der Waals surface area contributed by atoms with Crippen molar-refractivity contribution in [2.24, 2.45) is 0 Å². The molecule has 2 aromatic rings. The van der Waals surface area contributed by atoms with E-state index < -0.39 is 0 Å². The summed E-state index contributed by atoms with van der Waals surface area (Å²) < 4.78 is 0. The van der Waals surface area contributed by atoms with Crippen LogP contribution in [0.4, 0.5) is 5.00 Å². The van der Waals surface area contributed by atoms with E-state index in [4.69, 9.17) is 17.3 Å². The molecule has 2 heterocycles. The van der Waals surface area contributed by atoms with Crippen molar-refractivity contribution in [3.8, 4) is 0 Å². The molecule has 20 heavy (non-hydrogen) atoms. The van der Waals surface area contributed by atoms with E-state index in [1.54, 1.807) is 35.6 Å². The Morgan fingerprint density at radius 2 is 2.05 bits per heavy atom. The van der Waals surface area contributed by atoms with E-state index in [-0.39, 0.29) is 5.78 Å². The summed E-state index contributed by atoms with van der Waals surface area (Å²) in [4.78, 5) is 15.4. The van der Waals surface area contributed by atoms with Crippen molar-refractivity contribution in [1.29, 1.82) is 0 Å². The van der Waals surface area contributed by atoms with E-state index in [1.165, 1.54) is 9.78 Å². The van der Waals surface area contributed by atoms with Gasteiger partial charge in [0, 0.05) is 17.0 Å². The van der Waals surface area contributed by atoms with Gasteiger partial charge in [-0.3, -0.25) is 4.79 Å². The molecule has 104 valence electrons. The molecule has 1 aromatic heterocycles. The summed E-state index contributed by atoms with van der Waals surface area (Å²) in [6.45, 7) is 2.00. The molecule has 1 aliphatic rings. The normalized spacial score (nSPS) is 17.8. The molecule has 0 aliphatic carbocycles. The Bertz CT molecular complexity index is 663. The van der Waals surface area contributed by atoms with Crippen LogP contribution in [-0.4, -0.2) is 19.4 Å². The number of hydrogen-bond acceptors (Lipinski definition) is 3. The predicted molar refractivity (Wildman–Crippen MR) is 82.8 cm³/mol. The first-order valence-electron chi connectivity index (χ1n) is 6.58. The van der Waals surface area contributed by atoms with Gasteiger partial charge in [-0.15, -0.1) is 11.3 Å². The van der Waals surface area contributed by atoms with Crippen LogP contribution in [0.5, 0.6) is 0 Å². The molecule has 0 bridgehead atoms. The number of carbonyl (C=O) groups is 1. The number of anilines is 1. The van der Waals surface area contributed by atoms with Gasteiger partial charge in [0.15, 0.2) is 5.78 Å². The first kappa shape index (κ1) is 13.6. The molecule has 0 fully saturated rings. The minimum Gasteiger partial charge on any atom is -0.390 e. The highest BCUT2D eigenvalue weighted by Gasteiger charge is 2.27. The molecule has 1 aliphatic heterocycles. The standard InChI is InChI=1S/C15H15ClN2OS/c1-18-7-6-11-12(8-18)20-15(17)13(11)14(19)9-2-4-10(16)5-3-9/h2-5H,6-8,17H2,1H3/p+1. The largest absolute Gasteiger partial charge is 0.390 e. The second kappa shape index (κ2) is 5.20. The molecule has 0 saturated heterocycles. The second-order valence-corrected chi connectivity index (χ2v) is 6.79. The number of fused-ring (bicyclic) bond motifs is 1. The number of ketones is 1. The number of carbonyl (C=O) groups excluding carboxylic acids is 1. The molecule has 0 radical (unpaired) electrons. The number of thiophene rings is 1. The topological polar surface area (TPSA) is 47.5 Å². The summed E-state index contributed by atoms with van der Waals surface area (Å²) in [5.41, 5.74) is 8.60. The maximum absolute atomic E-state index is 12.7. The summed E-state index contributed by atoms with van der Waals surface area (Å²) >= 11 is 7.42. The minimum absolute atomic E-state index is 0.0104. The van der Waals surface area contributed by atoms with E-state index in [0.717, 1.165) is 25.1 Å². The summed E-state index contributed by atoms with van der Waals surface area (Å²) in [5.74, 6) is 0.0104. The zero-order valence-electron chi connectivity index (χ0n) is 11.2. The molecule has 1 unspecified atom stereocenters. The van der Waals surface area contributed by atoms with Crippen molar-refractivity contribution < 1.29 is 9.69 Å². The number of likely N-dealkylation sites (N-methyl/N-ethyl adjacent to an activating group) is 1. The van der Waals surface area contributed by atoms with Crippen LogP contribution in [0.2, 0.25) is 5.02 Å². The van der Waals surface area contributed by atoms with Gasteiger partial charge in [-0.2, -0.15) is 0 Å². The fraction of sp³-hybridized carbons (Fsp3) is 0.267. The third-order valence-corrected chi connectivity index (χ3v) is 5.03. The average Bonchev–Trinajstić information content (AvgIpc) is 2.73. The second-order valence-electron chi connectivity index (χ2n) is 5.21. The Balaban J connectivity index is 2.02. The summed E-state index contributed by atoms with van der Waals surface area (Å²) in [7, 11) is 2.17. The predicted octanol–water partition coefficient (Wildman–Crippen LogP) is 1.79. The molecule has 0 amide bonds. The Labute approximate surface area is 127 Å². The third-order valence-electron chi connectivity index (χ3n) is 3.72. The first-order chi connectivity index (χ1) is 9.56. The van der Waals surface area contributed by atoms with Crippen LogP contribution in [0.25, 0.3) is 0 Å². The van der Waals surface area contributed by atoms with Crippen LogP contribution >= 0.6 is 22.9 Å². The Kier molecular flexibility index (Phi) is 3.54. The lowest BCUT2D eigenvalue weighted by molar-refractivity contribution is -0.895. The third kappa shape index (κ3) is 2.35. The quantitative estimate of drug-likeness (QED) is 0.831. The molecule has 1 aromatic carbocycles. The van der Waals surface area contributed by atoms with Gasteiger partial charge in [-0.05, 0) is 29.8 Å². The van der Waals surface area contributed by atoms with Gasteiger partial charge in [-0.25, -0.2) is 0 Å². The van der Waals surface area contributed by atoms with E-state index >= 15 is 0 Å². The van der Waals surface area contributed by atoms with Gasteiger partial charge in [-0.1, -0.05) is 11.6 Å². The number of hydrogen-bond donors (Lipinski definition) is 2. The van der Waals surface area contributed by atoms with E-state index in [1.807, 2.05) is 0 Å². The van der Waals surface area contributed by atoms with E-state index in [2.05, 4.69) is 7.05 Å². The number of halogens is 1. The first-order valence-corrected chi connectivity index (χ1v) is 7.77. The smallest absolute Gasteiger partial charge is 0.196 e. The minimum atomic E-state index is 0.0104. The van der Waals surface area contributed by atoms with Crippen LogP contribution in [0.1, 0.15) is 26.4 Å². The number of benzene rings is 1. The van der Waals surface area contributed by atoms with Gasteiger partial charge in [0.1, 0.15) is 6.54 Å². The molecule has 3 N–H and O–H groups in total. The van der Waals surface area contributed by atoms with Crippen molar-refractivity contribution in [3.05, 3.63) is 50.9 Å². The SMILES string of the molecule is C[NH+]1CCc2c(sc(N)c2C(=O)c2ccc(Cl)cc2)C1. The number of quaternary nitrogens is 1. The summed E-state index contributed by atoms with van der Waals surface area (Å²) in [6, 6.07) is 6.99. The molecular weight excluding hydrogens is 292 g/mol. The monoisotopic (exact) mass is 307 g/mol. The lowest BCUT2D eigenvalue weighted by atomic mass is 9.96. The molecule has 3 rings (SSSR count). The number of nitrogens with one attached hydrogen (secondary N) is 1. The molecule has 1 atom stereocenters. The van der Waals surface area contributed by atoms with Crippen molar-refractivity contribution in [2.75, 3.05) is 19.3 Å². The highest BCUT2D eigenvalue weighted by atomic mass is 35.5. The maximum Gasteiger partial charge on any atom is 0.196 e. The average molecular weight is 308 g/mol. The van der Waals surface area contributed by atoms with Gasteiger partial charge in [0.2, 0.25) is 0 Å². The van der Waals surface area contributed by atoms with Crippen LogP contribution in [0.3, 0.4) is 0 Å². The number of rotatable bonds is 2. The van der Waals surface area contributed by atoms with Gasteiger partial charge < -0.3 is 10.6 Å². The lowest BCUT2D eigenvalue weighted by Crippen LogP contribution is -3.08. The summed E-state index contributed by atoms with van der Waals surface area (Å²) in [6.07, 6.45) is 0.920. The Morgan fingerprint density at radius 3 is 2.75 bits per heavy atom. The van der Waals surface area contributed by atoms with Gasteiger partial charge in [0.25, 0.3) is 0 Å². The van der Waals surface area contributed by atoms with Gasteiger partial charge in [0.05, 0.1) is 29.0 Å².